The van der Waals surface area contributed by atoms with Crippen molar-refractivity contribution in [3.63, 3.8) is 0 Å². The summed E-state index contributed by atoms with van der Waals surface area (Å²) in [7, 11) is 0. The highest BCUT2D eigenvalue weighted by Crippen LogP contribution is 2.45. The standard InChI is InChI=1S/C25H30FNO4S/c1-14(2)29-16-10-15(26)11-18(12-16)32-17-6-7-19-20-8-9-27-22(23(20)30-21(19)13-17)24(28)31-25(3,4)5/h6-7,10-14,20,22-23,27H,8-9H2,1-5H3. The molecule has 172 valence electrons. The Bertz CT molecular complexity index is 1000. The fourth-order valence-electron chi connectivity index (χ4n) is 4.18. The molecule has 2 heterocycles. The van der Waals surface area contributed by atoms with Gasteiger partial charge in [0.15, 0.2) is 0 Å². The molecule has 32 heavy (non-hydrogen) atoms. The Morgan fingerprint density at radius 2 is 1.97 bits per heavy atom. The summed E-state index contributed by atoms with van der Waals surface area (Å²) in [6, 6.07) is 10.3. The molecule has 3 unspecified atom stereocenters. The summed E-state index contributed by atoms with van der Waals surface area (Å²) >= 11 is 1.45. The number of carbonyl (C=O) groups excluding carboxylic acids is 1. The number of rotatable bonds is 5. The lowest BCUT2D eigenvalue weighted by atomic mass is 9.85. The van der Waals surface area contributed by atoms with Crippen LogP contribution >= 0.6 is 11.8 Å². The van der Waals surface area contributed by atoms with Crippen LogP contribution in [0, 0.1) is 5.82 Å². The van der Waals surface area contributed by atoms with E-state index in [2.05, 4.69) is 11.4 Å². The quantitative estimate of drug-likeness (QED) is 0.612. The number of ether oxygens (including phenoxy) is 3. The van der Waals surface area contributed by atoms with Crippen molar-refractivity contribution in [1.82, 2.24) is 5.32 Å². The lowest BCUT2D eigenvalue weighted by Gasteiger charge is -2.34. The third-order valence-corrected chi connectivity index (χ3v) is 6.27. The Kier molecular flexibility index (Phi) is 6.41. The van der Waals surface area contributed by atoms with E-state index in [1.807, 2.05) is 52.8 Å². The number of esters is 1. The summed E-state index contributed by atoms with van der Waals surface area (Å²) in [4.78, 5) is 14.4. The van der Waals surface area contributed by atoms with Gasteiger partial charge in [-0.3, -0.25) is 4.79 Å². The van der Waals surface area contributed by atoms with Crippen molar-refractivity contribution in [3.05, 3.63) is 47.8 Å². The SMILES string of the molecule is CC(C)Oc1cc(F)cc(Sc2ccc3c(c2)OC2C(C(=O)OC(C)(C)C)NCCC32)c1. The second kappa shape index (κ2) is 8.94. The number of fused-ring (bicyclic) bond motifs is 3. The molecule has 4 rings (SSSR count). The van der Waals surface area contributed by atoms with Crippen molar-refractivity contribution >= 4 is 17.7 Å². The van der Waals surface area contributed by atoms with Crippen molar-refractivity contribution in [1.29, 1.82) is 0 Å². The van der Waals surface area contributed by atoms with Gasteiger partial charge in [0.25, 0.3) is 0 Å². The first kappa shape index (κ1) is 22.9. The van der Waals surface area contributed by atoms with Crippen LogP contribution in [0.15, 0.2) is 46.2 Å². The van der Waals surface area contributed by atoms with E-state index in [0.29, 0.717) is 5.75 Å². The zero-order chi connectivity index (χ0) is 23.0. The van der Waals surface area contributed by atoms with Crippen LogP contribution in [0.2, 0.25) is 0 Å². The maximum Gasteiger partial charge on any atom is 0.327 e. The van der Waals surface area contributed by atoms with Gasteiger partial charge < -0.3 is 19.5 Å². The number of benzene rings is 2. The van der Waals surface area contributed by atoms with Crippen molar-refractivity contribution < 1.29 is 23.4 Å². The van der Waals surface area contributed by atoms with Crippen LogP contribution in [0.4, 0.5) is 4.39 Å². The van der Waals surface area contributed by atoms with Gasteiger partial charge in [-0.05, 0) is 71.8 Å². The topological polar surface area (TPSA) is 56.8 Å². The molecule has 2 aromatic rings. The molecule has 0 aromatic heterocycles. The molecule has 0 aliphatic carbocycles. The van der Waals surface area contributed by atoms with Gasteiger partial charge in [0.2, 0.25) is 0 Å². The minimum absolute atomic E-state index is 0.0297. The molecule has 2 aliphatic heterocycles. The molecule has 0 saturated carbocycles. The van der Waals surface area contributed by atoms with Gasteiger partial charge in [-0.25, -0.2) is 4.39 Å². The first-order valence-electron chi connectivity index (χ1n) is 11.0. The van der Waals surface area contributed by atoms with Crippen LogP contribution in [-0.4, -0.2) is 36.4 Å². The average molecular weight is 460 g/mol. The summed E-state index contributed by atoms with van der Waals surface area (Å²) in [5.74, 6) is 0.810. The Morgan fingerprint density at radius 1 is 1.19 bits per heavy atom. The van der Waals surface area contributed by atoms with E-state index in [0.717, 1.165) is 34.1 Å². The Hall–Kier alpha value is -2.25. The van der Waals surface area contributed by atoms with Crippen LogP contribution < -0.4 is 14.8 Å². The molecule has 1 N–H and O–H groups in total. The number of piperidine rings is 1. The van der Waals surface area contributed by atoms with E-state index in [9.17, 15) is 9.18 Å². The lowest BCUT2D eigenvalue weighted by Crippen LogP contribution is -2.55. The minimum atomic E-state index is -0.552. The highest BCUT2D eigenvalue weighted by Gasteiger charge is 2.46. The molecule has 0 radical (unpaired) electrons. The zero-order valence-corrected chi connectivity index (χ0v) is 19.9. The van der Waals surface area contributed by atoms with Crippen molar-refractivity contribution in [2.24, 2.45) is 0 Å². The van der Waals surface area contributed by atoms with Crippen molar-refractivity contribution in [2.45, 2.75) is 80.6 Å². The van der Waals surface area contributed by atoms with E-state index >= 15 is 0 Å². The number of hydrogen-bond donors (Lipinski definition) is 1. The molecule has 3 atom stereocenters. The third kappa shape index (κ3) is 5.21. The first-order valence-corrected chi connectivity index (χ1v) is 11.8. The van der Waals surface area contributed by atoms with E-state index in [1.165, 1.54) is 23.9 Å². The van der Waals surface area contributed by atoms with Crippen LogP contribution in [-0.2, 0) is 9.53 Å². The normalized spacial score (nSPS) is 22.2. The largest absolute Gasteiger partial charge is 0.491 e. The van der Waals surface area contributed by atoms with Crippen LogP contribution in [0.1, 0.15) is 52.5 Å². The second-order valence-electron chi connectivity index (χ2n) is 9.53. The molecular weight excluding hydrogens is 429 g/mol. The maximum absolute atomic E-state index is 14.1. The highest BCUT2D eigenvalue weighted by atomic mass is 32.2. The van der Waals surface area contributed by atoms with E-state index in [-0.39, 0.29) is 29.9 Å². The van der Waals surface area contributed by atoms with E-state index in [4.69, 9.17) is 14.2 Å². The van der Waals surface area contributed by atoms with Gasteiger partial charge in [0.1, 0.15) is 35.1 Å². The Labute approximate surface area is 193 Å². The number of halogens is 1. The average Bonchev–Trinajstić information content (AvgIpc) is 3.03. The smallest absolute Gasteiger partial charge is 0.327 e. The molecule has 0 bridgehead atoms. The van der Waals surface area contributed by atoms with Gasteiger partial charge in [0.05, 0.1) is 6.10 Å². The van der Waals surface area contributed by atoms with Crippen LogP contribution in [0.3, 0.4) is 0 Å². The summed E-state index contributed by atoms with van der Waals surface area (Å²) in [5, 5.41) is 3.27. The van der Waals surface area contributed by atoms with Crippen molar-refractivity contribution in [3.8, 4) is 11.5 Å². The predicted molar refractivity (Wildman–Crippen MR) is 122 cm³/mol. The summed E-state index contributed by atoms with van der Waals surface area (Å²) in [6.45, 7) is 10.1. The third-order valence-electron chi connectivity index (χ3n) is 5.31. The molecular formula is C25H30FNO4S. The van der Waals surface area contributed by atoms with E-state index < -0.39 is 11.6 Å². The van der Waals surface area contributed by atoms with Gasteiger partial charge in [-0.2, -0.15) is 0 Å². The highest BCUT2D eigenvalue weighted by molar-refractivity contribution is 7.99. The summed E-state index contributed by atoms with van der Waals surface area (Å²) in [6.07, 6.45) is 0.565. The van der Waals surface area contributed by atoms with Gasteiger partial charge in [-0.15, -0.1) is 0 Å². The van der Waals surface area contributed by atoms with E-state index in [1.54, 1.807) is 0 Å². The molecule has 7 heteroatoms. The van der Waals surface area contributed by atoms with Crippen LogP contribution in [0.25, 0.3) is 0 Å². The minimum Gasteiger partial charge on any atom is -0.491 e. The predicted octanol–water partition coefficient (Wildman–Crippen LogP) is 5.31. The lowest BCUT2D eigenvalue weighted by molar-refractivity contribution is -0.160. The monoisotopic (exact) mass is 459 g/mol. The molecule has 2 aromatic carbocycles. The Morgan fingerprint density at radius 3 is 2.69 bits per heavy atom. The molecule has 1 fully saturated rings. The molecule has 5 nitrogen and oxygen atoms in total. The van der Waals surface area contributed by atoms with Gasteiger partial charge >= 0.3 is 5.97 Å². The van der Waals surface area contributed by atoms with Crippen LogP contribution in [0.5, 0.6) is 11.5 Å². The molecule has 2 aliphatic rings. The Balaban J connectivity index is 1.52. The first-order chi connectivity index (χ1) is 15.1. The molecule has 0 spiro atoms. The molecule has 1 saturated heterocycles. The summed E-state index contributed by atoms with van der Waals surface area (Å²) in [5.41, 5.74) is 0.557. The van der Waals surface area contributed by atoms with Gasteiger partial charge in [-0.1, -0.05) is 17.8 Å². The molecule has 0 amide bonds. The fraction of sp³-hybridized carbons (Fsp3) is 0.480. The summed E-state index contributed by atoms with van der Waals surface area (Å²) < 4.78 is 31.6. The van der Waals surface area contributed by atoms with Gasteiger partial charge in [0, 0.05) is 27.3 Å². The number of hydrogen-bond acceptors (Lipinski definition) is 6. The van der Waals surface area contributed by atoms with Crippen molar-refractivity contribution in [2.75, 3.05) is 6.54 Å². The zero-order valence-electron chi connectivity index (χ0n) is 19.1. The maximum atomic E-state index is 14.1. The second-order valence-corrected chi connectivity index (χ2v) is 10.7. The fourth-order valence-corrected chi connectivity index (χ4v) is 5.10. The number of carbonyl (C=O) groups is 1. The number of nitrogens with one attached hydrogen (secondary N) is 1.